The first-order valence-electron chi connectivity index (χ1n) is 15.6. The summed E-state index contributed by atoms with van der Waals surface area (Å²) in [5.74, 6) is 0.443. The largest absolute Gasteiger partial charge is 0.494 e. The predicted octanol–water partition coefficient (Wildman–Crippen LogP) is 7.90. The van der Waals surface area contributed by atoms with Crippen LogP contribution in [0.5, 0.6) is 11.5 Å². The second-order valence-corrected chi connectivity index (χ2v) is 10.9. The summed E-state index contributed by atoms with van der Waals surface area (Å²) in [6, 6.07) is 27.9. The normalized spacial score (nSPS) is 17.8. The summed E-state index contributed by atoms with van der Waals surface area (Å²) >= 11 is 0. The fourth-order valence-corrected chi connectivity index (χ4v) is 5.37. The molecule has 2 amide bonds. The second kappa shape index (κ2) is 14.2. The van der Waals surface area contributed by atoms with E-state index in [9.17, 15) is 9.59 Å². The fourth-order valence-electron chi connectivity index (χ4n) is 5.37. The van der Waals surface area contributed by atoms with Crippen LogP contribution in [0.15, 0.2) is 128 Å². The molecule has 0 saturated carbocycles. The number of azo groups is 2. The van der Waals surface area contributed by atoms with Crippen LogP contribution in [0.2, 0.25) is 0 Å². The molecule has 0 radical (unpaired) electrons. The van der Waals surface area contributed by atoms with Crippen molar-refractivity contribution < 1.29 is 19.1 Å². The van der Waals surface area contributed by atoms with Crippen molar-refractivity contribution in [3.05, 3.63) is 97.1 Å². The first kappa shape index (κ1) is 31.9. The molecule has 6 rings (SSSR count). The highest BCUT2D eigenvalue weighted by Crippen LogP contribution is 2.38. The Hall–Kier alpha value is -6.04. The summed E-state index contributed by atoms with van der Waals surface area (Å²) in [7, 11) is 3.10. The average molecular weight is 643 g/mol. The van der Waals surface area contributed by atoms with E-state index in [4.69, 9.17) is 9.47 Å². The number of carbonyl (C=O) groups excluding carboxylic acids is 2. The minimum absolute atomic E-state index is 0.259. The number of amides is 2. The Morgan fingerprint density at radius 3 is 1.35 bits per heavy atom. The Bertz CT molecular complexity index is 1800. The van der Waals surface area contributed by atoms with Gasteiger partial charge in [0.1, 0.15) is 22.9 Å². The van der Waals surface area contributed by atoms with E-state index in [0.29, 0.717) is 58.5 Å². The Balaban J connectivity index is 1.20. The van der Waals surface area contributed by atoms with E-state index in [1.54, 1.807) is 26.4 Å². The zero-order valence-electron chi connectivity index (χ0n) is 27.0. The van der Waals surface area contributed by atoms with Crippen molar-refractivity contribution in [3.8, 4) is 22.6 Å². The van der Waals surface area contributed by atoms with Gasteiger partial charge in [-0.15, -0.1) is 0 Å². The summed E-state index contributed by atoms with van der Waals surface area (Å²) in [5.41, 5.74) is 5.24. The van der Waals surface area contributed by atoms with Gasteiger partial charge in [-0.2, -0.15) is 40.7 Å². The van der Waals surface area contributed by atoms with Crippen LogP contribution >= 0.6 is 0 Å². The van der Waals surface area contributed by atoms with Crippen molar-refractivity contribution in [1.82, 2.24) is 0 Å². The number of hydrogen-bond donors (Lipinski definition) is 0. The van der Waals surface area contributed by atoms with Crippen molar-refractivity contribution >= 4 is 46.0 Å². The molecular weight excluding hydrogens is 608 g/mol. The Labute approximate surface area is 278 Å². The Kier molecular flexibility index (Phi) is 9.42. The highest BCUT2D eigenvalue weighted by molar-refractivity contribution is 6.19. The molecule has 2 atom stereocenters. The van der Waals surface area contributed by atoms with Gasteiger partial charge in [-0.1, -0.05) is 62.4 Å². The molecule has 48 heavy (non-hydrogen) atoms. The molecule has 0 aliphatic carbocycles. The van der Waals surface area contributed by atoms with Crippen LogP contribution < -0.4 is 19.5 Å². The summed E-state index contributed by atoms with van der Waals surface area (Å²) in [6.45, 7) is 3.87. The van der Waals surface area contributed by atoms with E-state index in [0.717, 1.165) is 11.1 Å². The average Bonchev–Trinajstić information content (AvgIpc) is 3.64. The fraction of sp³-hybridized carbons (Fsp3) is 0.222. The zero-order valence-corrected chi connectivity index (χ0v) is 27.0. The molecule has 2 aliphatic heterocycles. The van der Waals surface area contributed by atoms with Crippen molar-refractivity contribution in [1.29, 1.82) is 0 Å². The summed E-state index contributed by atoms with van der Waals surface area (Å²) < 4.78 is 11.3. The second-order valence-electron chi connectivity index (χ2n) is 10.9. The molecule has 2 heterocycles. The smallest absolute Gasteiger partial charge is 0.280 e. The molecule has 0 saturated heterocycles. The molecule has 0 aromatic heterocycles. The maximum absolute atomic E-state index is 13.2. The number of hydrazone groups is 2. The van der Waals surface area contributed by atoms with Gasteiger partial charge in [-0.25, -0.2) is 0 Å². The SMILES string of the molecule is CCC1=NN(c2ccccc2)C(=O)C1N=Nc1ccc(-c2ccc(N=NC3C(=O)N(c4ccccc4)N=C3CC)c(OC)c2)cc1OC. The van der Waals surface area contributed by atoms with Crippen molar-refractivity contribution in [3.63, 3.8) is 0 Å². The molecule has 4 aromatic rings. The topological polar surface area (TPSA) is 133 Å². The van der Waals surface area contributed by atoms with Gasteiger partial charge < -0.3 is 9.47 Å². The van der Waals surface area contributed by atoms with Crippen LogP contribution in [0.4, 0.5) is 22.7 Å². The van der Waals surface area contributed by atoms with Crippen LogP contribution in [0.1, 0.15) is 26.7 Å². The lowest BCUT2D eigenvalue weighted by Crippen LogP contribution is -2.30. The third-order valence-corrected chi connectivity index (χ3v) is 7.95. The van der Waals surface area contributed by atoms with E-state index < -0.39 is 12.1 Å². The molecule has 0 spiro atoms. The number of benzene rings is 4. The first-order valence-corrected chi connectivity index (χ1v) is 15.6. The van der Waals surface area contributed by atoms with Gasteiger partial charge in [0.2, 0.25) is 0 Å². The quantitative estimate of drug-likeness (QED) is 0.154. The van der Waals surface area contributed by atoms with Crippen LogP contribution in [-0.2, 0) is 9.59 Å². The number of hydrogen-bond acceptors (Lipinski definition) is 10. The zero-order chi connectivity index (χ0) is 33.6. The first-order chi connectivity index (χ1) is 23.4. The third-order valence-electron chi connectivity index (χ3n) is 7.95. The van der Waals surface area contributed by atoms with Gasteiger partial charge in [0.05, 0.1) is 37.0 Å². The molecule has 12 nitrogen and oxygen atoms in total. The van der Waals surface area contributed by atoms with E-state index in [1.807, 2.05) is 98.8 Å². The van der Waals surface area contributed by atoms with Gasteiger partial charge in [0.15, 0.2) is 12.1 Å². The highest BCUT2D eigenvalue weighted by atomic mass is 16.5. The number of para-hydroxylation sites is 2. The Morgan fingerprint density at radius 1 is 0.604 bits per heavy atom. The highest BCUT2D eigenvalue weighted by Gasteiger charge is 2.37. The summed E-state index contributed by atoms with van der Waals surface area (Å²) in [5, 5.41) is 29.3. The van der Waals surface area contributed by atoms with E-state index in [-0.39, 0.29) is 11.8 Å². The maximum Gasteiger partial charge on any atom is 0.280 e. The standard InChI is InChI=1S/C36H34N8O4/c1-5-27-33(35(45)43(41-27)25-13-9-7-10-14-25)39-37-29-19-17-23(21-31(29)47-3)24-18-20-30(32(22-24)48-4)38-40-34-28(6-2)42-44(36(34)46)26-15-11-8-12-16-26/h7-22,33-34H,5-6H2,1-4H3. The van der Waals surface area contributed by atoms with Crippen LogP contribution in [0.3, 0.4) is 0 Å². The minimum atomic E-state index is -0.814. The number of anilines is 2. The molecule has 0 bridgehead atoms. The monoisotopic (exact) mass is 642 g/mol. The summed E-state index contributed by atoms with van der Waals surface area (Å²) in [4.78, 5) is 26.4. The van der Waals surface area contributed by atoms with Gasteiger partial charge in [0.25, 0.3) is 11.8 Å². The number of carbonyl (C=O) groups is 2. The molecule has 2 unspecified atom stereocenters. The molecule has 4 aromatic carbocycles. The van der Waals surface area contributed by atoms with Crippen LogP contribution in [0, 0.1) is 0 Å². The molecule has 2 aliphatic rings. The van der Waals surface area contributed by atoms with E-state index in [1.165, 1.54) is 10.0 Å². The number of rotatable bonds is 11. The van der Waals surface area contributed by atoms with Crippen molar-refractivity contribution in [2.24, 2.45) is 30.7 Å². The predicted molar refractivity (Wildman–Crippen MR) is 185 cm³/mol. The van der Waals surface area contributed by atoms with E-state index >= 15 is 0 Å². The lowest BCUT2D eigenvalue weighted by molar-refractivity contribution is -0.118. The third kappa shape index (κ3) is 6.32. The van der Waals surface area contributed by atoms with Gasteiger partial charge in [0, 0.05) is 0 Å². The minimum Gasteiger partial charge on any atom is -0.494 e. The molecule has 0 fully saturated rings. The van der Waals surface area contributed by atoms with Gasteiger partial charge >= 0.3 is 0 Å². The van der Waals surface area contributed by atoms with Gasteiger partial charge in [-0.3, -0.25) is 9.59 Å². The lowest BCUT2D eigenvalue weighted by atomic mass is 10.0. The maximum atomic E-state index is 13.2. The molecular formula is C36H34N8O4. The van der Waals surface area contributed by atoms with Crippen LogP contribution in [-0.4, -0.2) is 49.5 Å². The summed E-state index contributed by atoms with van der Waals surface area (Å²) in [6.07, 6.45) is 1.12. The molecule has 0 N–H and O–H groups in total. The van der Waals surface area contributed by atoms with Gasteiger partial charge in [-0.05, 0) is 72.5 Å². The number of ether oxygens (including phenoxy) is 2. The van der Waals surface area contributed by atoms with Crippen molar-refractivity contribution in [2.45, 2.75) is 38.8 Å². The number of nitrogens with zero attached hydrogens (tertiary/aromatic N) is 8. The van der Waals surface area contributed by atoms with Crippen LogP contribution in [0.25, 0.3) is 11.1 Å². The Morgan fingerprint density at radius 2 is 1.00 bits per heavy atom. The van der Waals surface area contributed by atoms with E-state index in [2.05, 4.69) is 30.7 Å². The molecule has 12 heteroatoms. The molecule has 242 valence electrons. The number of methoxy groups -OCH3 is 2. The lowest BCUT2D eigenvalue weighted by Gasteiger charge is -2.12. The van der Waals surface area contributed by atoms with Crippen molar-refractivity contribution in [2.75, 3.05) is 24.2 Å².